The first kappa shape index (κ1) is 14.9. The summed E-state index contributed by atoms with van der Waals surface area (Å²) in [6.07, 6.45) is 0. The van der Waals surface area contributed by atoms with E-state index in [1.165, 1.54) is 0 Å². The van der Waals surface area contributed by atoms with Gasteiger partial charge in [-0.25, -0.2) is 4.79 Å². The monoisotopic (exact) mass is 284 g/mol. The van der Waals surface area contributed by atoms with E-state index < -0.39 is 0 Å². The van der Waals surface area contributed by atoms with E-state index in [4.69, 9.17) is 4.74 Å². The van der Waals surface area contributed by atoms with Crippen LogP contribution in [0.3, 0.4) is 0 Å². The molecular formula is C17H20N2O2. The van der Waals surface area contributed by atoms with Gasteiger partial charge in [0, 0.05) is 24.3 Å². The van der Waals surface area contributed by atoms with Crippen LogP contribution < -0.4 is 15.0 Å². The number of amides is 2. The molecule has 110 valence electrons. The van der Waals surface area contributed by atoms with Crippen LogP contribution in [-0.2, 0) is 6.54 Å². The average Bonchev–Trinajstić information content (AvgIpc) is 2.55. The number of carbonyl (C=O) groups excluding carboxylic acids is 1. The van der Waals surface area contributed by atoms with Crippen LogP contribution in [0.2, 0.25) is 0 Å². The van der Waals surface area contributed by atoms with E-state index in [-0.39, 0.29) is 6.03 Å². The normalized spacial score (nSPS) is 10.0. The van der Waals surface area contributed by atoms with Crippen LogP contribution in [0.4, 0.5) is 10.5 Å². The van der Waals surface area contributed by atoms with E-state index in [1.807, 2.05) is 61.5 Å². The quantitative estimate of drug-likeness (QED) is 0.914. The van der Waals surface area contributed by atoms with Crippen molar-refractivity contribution in [3.05, 3.63) is 60.2 Å². The molecule has 2 rings (SSSR count). The standard InChI is InChI=1S/C17H20N2O2/c1-3-19(15-10-5-4-6-11-15)17(20)18-13-14-9-7-8-12-16(14)21-2/h4-12H,3,13H2,1-2H3,(H,18,20). The van der Waals surface area contributed by atoms with E-state index in [1.54, 1.807) is 12.0 Å². The van der Waals surface area contributed by atoms with Gasteiger partial charge in [0.15, 0.2) is 0 Å². The Labute approximate surface area is 125 Å². The Balaban J connectivity index is 2.03. The number of para-hydroxylation sites is 2. The summed E-state index contributed by atoms with van der Waals surface area (Å²) in [5, 5.41) is 2.93. The van der Waals surface area contributed by atoms with Gasteiger partial charge in [-0.05, 0) is 25.1 Å². The molecule has 0 heterocycles. The molecule has 0 saturated heterocycles. The topological polar surface area (TPSA) is 41.6 Å². The lowest BCUT2D eigenvalue weighted by atomic mass is 10.2. The summed E-state index contributed by atoms with van der Waals surface area (Å²) in [6.45, 7) is 3.00. The molecule has 0 unspecified atom stereocenters. The minimum atomic E-state index is -0.116. The molecule has 0 fully saturated rings. The van der Waals surface area contributed by atoms with Crippen molar-refractivity contribution in [3.8, 4) is 5.75 Å². The zero-order valence-electron chi connectivity index (χ0n) is 12.4. The maximum absolute atomic E-state index is 12.3. The number of benzene rings is 2. The number of nitrogens with one attached hydrogen (secondary N) is 1. The van der Waals surface area contributed by atoms with Gasteiger partial charge < -0.3 is 10.1 Å². The van der Waals surface area contributed by atoms with E-state index >= 15 is 0 Å². The lowest BCUT2D eigenvalue weighted by Gasteiger charge is -2.21. The molecule has 0 atom stereocenters. The van der Waals surface area contributed by atoms with Crippen molar-refractivity contribution >= 4 is 11.7 Å². The van der Waals surface area contributed by atoms with Gasteiger partial charge in [0.25, 0.3) is 0 Å². The third-order valence-corrected chi connectivity index (χ3v) is 3.25. The van der Waals surface area contributed by atoms with Crippen molar-refractivity contribution in [1.29, 1.82) is 0 Å². The number of ether oxygens (including phenoxy) is 1. The summed E-state index contributed by atoms with van der Waals surface area (Å²) >= 11 is 0. The highest BCUT2D eigenvalue weighted by Crippen LogP contribution is 2.17. The van der Waals surface area contributed by atoms with Gasteiger partial charge in [-0.2, -0.15) is 0 Å². The number of anilines is 1. The average molecular weight is 284 g/mol. The lowest BCUT2D eigenvalue weighted by Crippen LogP contribution is -2.39. The van der Waals surface area contributed by atoms with Crippen molar-refractivity contribution in [2.75, 3.05) is 18.6 Å². The second kappa shape index (κ2) is 7.33. The maximum Gasteiger partial charge on any atom is 0.322 e. The predicted molar refractivity (Wildman–Crippen MR) is 84.7 cm³/mol. The van der Waals surface area contributed by atoms with E-state index in [9.17, 15) is 4.79 Å². The number of urea groups is 1. The smallest absolute Gasteiger partial charge is 0.322 e. The predicted octanol–water partition coefficient (Wildman–Crippen LogP) is 3.43. The molecule has 0 aliphatic rings. The molecule has 2 aromatic rings. The van der Waals surface area contributed by atoms with Gasteiger partial charge in [-0.1, -0.05) is 36.4 Å². The second-order valence-corrected chi connectivity index (χ2v) is 4.55. The summed E-state index contributed by atoms with van der Waals surface area (Å²) in [5.74, 6) is 0.778. The van der Waals surface area contributed by atoms with Crippen LogP contribution in [0.1, 0.15) is 12.5 Å². The van der Waals surface area contributed by atoms with Gasteiger partial charge in [-0.3, -0.25) is 4.90 Å². The van der Waals surface area contributed by atoms with Gasteiger partial charge >= 0.3 is 6.03 Å². The van der Waals surface area contributed by atoms with Crippen LogP contribution in [0.15, 0.2) is 54.6 Å². The van der Waals surface area contributed by atoms with Gasteiger partial charge in [-0.15, -0.1) is 0 Å². The minimum absolute atomic E-state index is 0.116. The number of nitrogens with zero attached hydrogens (tertiary/aromatic N) is 1. The Kier molecular flexibility index (Phi) is 5.21. The molecule has 0 spiro atoms. The highest BCUT2D eigenvalue weighted by molar-refractivity contribution is 5.91. The summed E-state index contributed by atoms with van der Waals surface area (Å²) in [4.78, 5) is 14.0. The Morgan fingerprint density at radius 1 is 1.10 bits per heavy atom. The molecular weight excluding hydrogens is 264 g/mol. The highest BCUT2D eigenvalue weighted by atomic mass is 16.5. The largest absolute Gasteiger partial charge is 0.496 e. The fourth-order valence-corrected chi connectivity index (χ4v) is 2.17. The fourth-order valence-electron chi connectivity index (χ4n) is 2.17. The van der Waals surface area contributed by atoms with Crippen LogP contribution in [0.25, 0.3) is 0 Å². The highest BCUT2D eigenvalue weighted by Gasteiger charge is 2.13. The van der Waals surface area contributed by atoms with E-state index in [0.717, 1.165) is 17.0 Å². The number of hydrogen-bond donors (Lipinski definition) is 1. The zero-order chi connectivity index (χ0) is 15.1. The van der Waals surface area contributed by atoms with Crippen LogP contribution in [0.5, 0.6) is 5.75 Å². The molecule has 0 aromatic heterocycles. The summed E-state index contributed by atoms with van der Waals surface area (Å²) in [7, 11) is 1.63. The van der Waals surface area contributed by atoms with Crippen molar-refractivity contribution in [2.45, 2.75) is 13.5 Å². The fraction of sp³-hybridized carbons (Fsp3) is 0.235. The summed E-state index contributed by atoms with van der Waals surface area (Å²) in [6, 6.07) is 17.2. The Morgan fingerprint density at radius 3 is 2.43 bits per heavy atom. The van der Waals surface area contributed by atoms with E-state index in [0.29, 0.717) is 13.1 Å². The molecule has 0 saturated carbocycles. The molecule has 0 radical (unpaired) electrons. The number of rotatable bonds is 5. The van der Waals surface area contributed by atoms with Gasteiger partial charge in [0.05, 0.1) is 7.11 Å². The maximum atomic E-state index is 12.3. The molecule has 2 amide bonds. The summed E-state index contributed by atoms with van der Waals surface area (Å²) in [5.41, 5.74) is 1.84. The molecule has 21 heavy (non-hydrogen) atoms. The van der Waals surface area contributed by atoms with Gasteiger partial charge in [0.2, 0.25) is 0 Å². The Hall–Kier alpha value is -2.49. The minimum Gasteiger partial charge on any atom is -0.496 e. The summed E-state index contributed by atoms with van der Waals surface area (Å²) < 4.78 is 5.28. The van der Waals surface area contributed by atoms with E-state index in [2.05, 4.69) is 5.32 Å². The third-order valence-electron chi connectivity index (χ3n) is 3.25. The number of carbonyl (C=O) groups is 1. The third kappa shape index (κ3) is 3.75. The first-order valence-electron chi connectivity index (χ1n) is 6.98. The van der Waals surface area contributed by atoms with Crippen LogP contribution >= 0.6 is 0 Å². The lowest BCUT2D eigenvalue weighted by molar-refractivity contribution is 0.246. The zero-order valence-corrected chi connectivity index (χ0v) is 12.4. The van der Waals surface area contributed by atoms with Crippen molar-refractivity contribution in [1.82, 2.24) is 5.32 Å². The SMILES string of the molecule is CCN(C(=O)NCc1ccccc1OC)c1ccccc1. The van der Waals surface area contributed by atoms with Crippen molar-refractivity contribution < 1.29 is 9.53 Å². The molecule has 0 aliphatic carbocycles. The van der Waals surface area contributed by atoms with Crippen molar-refractivity contribution in [2.24, 2.45) is 0 Å². The molecule has 0 bridgehead atoms. The van der Waals surface area contributed by atoms with Crippen molar-refractivity contribution in [3.63, 3.8) is 0 Å². The second-order valence-electron chi connectivity index (χ2n) is 4.55. The van der Waals surface area contributed by atoms with Gasteiger partial charge in [0.1, 0.15) is 5.75 Å². The Bertz CT molecular complexity index is 584. The number of methoxy groups -OCH3 is 1. The molecule has 1 N–H and O–H groups in total. The van der Waals surface area contributed by atoms with Crippen LogP contribution in [0, 0.1) is 0 Å². The molecule has 4 nitrogen and oxygen atoms in total. The number of hydrogen-bond acceptors (Lipinski definition) is 2. The van der Waals surface area contributed by atoms with Crippen LogP contribution in [-0.4, -0.2) is 19.7 Å². The first-order chi connectivity index (χ1) is 10.3. The molecule has 2 aromatic carbocycles. The Morgan fingerprint density at radius 2 is 1.76 bits per heavy atom. The first-order valence-corrected chi connectivity index (χ1v) is 6.98. The molecule has 4 heteroatoms. The molecule has 0 aliphatic heterocycles.